The lowest BCUT2D eigenvalue weighted by Crippen LogP contribution is -1.96. The Morgan fingerprint density at radius 2 is 1.81 bits per heavy atom. The summed E-state index contributed by atoms with van der Waals surface area (Å²) in [6.07, 6.45) is 5.38. The molecule has 0 aliphatic heterocycles. The van der Waals surface area contributed by atoms with Gasteiger partial charge in [-0.05, 0) is 35.8 Å². The van der Waals surface area contributed by atoms with Gasteiger partial charge in [0, 0.05) is 4.83 Å². The van der Waals surface area contributed by atoms with Gasteiger partial charge in [-0.25, -0.2) is 0 Å². The molecule has 1 fully saturated rings. The van der Waals surface area contributed by atoms with Crippen LogP contribution in [0.15, 0.2) is 24.3 Å². The molecule has 1 atom stereocenters. The van der Waals surface area contributed by atoms with Crippen molar-refractivity contribution in [1.29, 1.82) is 0 Å². The summed E-state index contributed by atoms with van der Waals surface area (Å²) in [5.74, 6) is 1.73. The van der Waals surface area contributed by atoms with Gasteiger partial charge in [-0.15, -0.1) is 0 Å². The van der Waals surface area contributed by atoms with Crippen molar-refractivity contribution in [2.24, 2.45) is 11.8 Å². The normalized spacial score (nSPS) is 17.8. The number of alkyl halides is 1. The fourth-order valence-electron chi connectivity index (χ4n) is 2.12. The van der Waals surface area contributed by atoms with Crippen LogP contribution >= 0.6 is 15.9 Å². The number of benzene rings is 1. The molecular weight excluding hydrogens is 260 g/mol. The van der Waals surface area contributed by atoms with Gasteiger partial charge >= 0.3 is 0 Å². The van der Waals surface area contributed by atoms with Crippen molar-refractivity contribution in [3.8, 4) is 0 Å². The van der Waals surface area contributed by atoms with Gasteiger partial charge in [-0.3, -0.25) is 0 Å². The zero-order valence-corrected chi connectivity index (χ0v) is 11.8. The average Bonchev–Trinajstić information content (AvgIpc) is 3.01. The minimum atomic E-state index is 0.563. The molecule has 0 spiro atoms. The molecule has 0 nitrogen and oxygen atoms in total. The van der Waals surface area contributed by atoms with Gasteiger partial charge in [0.2, 0.25) is 0 Å². The van der Waals surface area contributed by atoms with Gasteiger partial charge in [0.1, 0.15) is 0 Å². The summed E-state index contributed by atoms with van der Waals surface area (Å²) in [7, 11) is 0. The molecule has 0 saturated heterocycles. The molecule has 0 amide bonds. The second kappa shape index (κ2) is 5.35. The maximum Gasteiger partial charge on any atom is 0.0397 e. The number of hydrogen-bond donors (Lipinski definition) is 0. The molecule has 2 rings (SSSR count). The van der Waals surface area contributed by atoms with Crippen molar-refractivity contribution >= 4 is 15.9 Å². The second-order valence-corrected chi connectivity index (χ2v) is 6.59. The highest BCUT2D eigenvalue weighted by Gasteiger charge is 2.24. The molecule has 1 aromatic rings. The van der Waals surface area contributed by atoms with E-state index in [9.17, 15) is 0 Å². The molecule has 16 heavy (non-hydrogen) atoms. The number of hydrogen-bond acceptors (Lipinski definition) is 0. The van der Waals surface area contributed by atoms with E-state index in [0.29, 0.717) is 4.83 Å². The van der Waals surface area contributed by atoms with Gasteiger partial charge in [0.05, 0.1) is 0 Å². The third kappa shape index (κ3) is 3.62. The van der Waals surface area contributed by atoms with Crippen LogP contribution in [0, 0.1) is 11.8 Å². The quantitative estimate of drug-likeness (QED) is 0.657. The van der Waals surface area contributed by atoms with E-state index in [2.05, 4.69) is 54.0 Å². The van der Waals surface area contributed by atoms with Crippen LogP contribution in [0.1, 0.15) is 49.1 Å². The van der Waals surface area contributed by atoms with Crippen LogP contribution in [0.3, 0.4) is 0 Å². The minimum Gasteiger partial charge on any atom is -0.0839 e. The Labute approximate surface area is 108 Å². The fourth-order valence-corrected chi connectivity index (χ4v) is 2.95. The molecule has 0 bridgehead atoms. The summed E-state index contributed by atoms with van der Waals surface area (Å²) in [5, 5.41) is 0. The third-order valence-electron chi connectivity index (χ3n) is 3.22. The lowest BCUT2D eigenvalue weighted by Gasteiger charge is -2.11. The molecule has 0 N–H and O–H groups in total. The average molecular weight is 281 g/mol. The predicted octanol–water partition coefficient (Wildman–Crippen LogP) is 5.12. The SMILES string of the molecule is CC(C)Cc1ccc(C(Br)CC2CC2)cc1. The smallest absolute Gasteiger partial charge is 0.0397 e. The van der Waals surface area contributed by atoms with Gasteiger partial charge in [-0.1, -0.05) is 66.9 Å². The first-order valence-electron chi connectivity index (χ1n) is 6.38. The Hall–Kier alpha value is -0.300. The van der Waals surface area contributed by atoms with Crippen LogP contribution in [0.4, 0.5) is 0 Å². The van der Waals surface area contributed by atoms with Crippen molar-refractivity contribution in [2.45, 2.75) is 44.4 Å². The summed E-state index contributed by atoms with van der Waals surface area (Å²) >= 11 is 3.80. The zero-order valence-electron chi connectivity index (χ0n) is 10.2. The fraction of sp³-hybridized carbons (Fsp3) is 0.600. The first-order chi connectivity index (χ1) is 7.65. The van der Waals surface area contributed by atoms with Crippen LogP contribution in [0.25, 0.3) is 0 Å². The Kier molecular flexibility index (Phi) is 4.07. The molecule has 0 heterocycles. The zero-order chi connectivity index (χ0) is 11.5. The molecule has 0 aromatic heterocycles. The van der Waals surface area contributed by atoms with Gasteiger partial charge in [-0.2, -0.15) is 0 Å². The second-order valence-electron chi connectivity index (χ2n) is 5.49. The monoisotopic (exact) mass is 280 g/mol. The standard InChI is InChI=1S/C15H21Br/c1-11(2)9-12-5-7-14(8-6-12)15(16)10-13-3-4-13/h5-8,11,13,15H,3-4,9-10H2,1-2H3. The highest BCUT2D eigenvalue weighted by molar-refractivity contribution is 9.09. The highest BCUT2D eigenvalue weighted by atomic mass is 79.9. The number of halogens is 1. The van der Waals surface area contributed by atoms with Gasteiger partial charge in [0.25, 0.3) is 0 Å². The Bertz CT molecular complexity index is 322. The first-order valence-corrected chi connectivity index (χ1v) is 7.29. The maximum absolute atomic E-state index is 3.80. The minimum absolute atomic E-state index is 0.563. The summed E-state index contributed by atoms with van der Waals surface area (Å²) in [5.41, 5.74) is 2.91. The van der Waals surface area contributed by atoms with E-state index in [1.807, 2.05) is 0 Å². The van der Waals surface area contributed by atoms with Crippen molar-refractivity contribution in [3.05, 3.63) is 35.4 Å². The lowest BCUT2D eigenvalue weighted by atomic mass is 10.00. The molecule has 1 aliphatic carbocycles. The summed E-state index contributed by atoms with van der Waals surface area (Å²) < 4.78 is 0. The van der Waals surface area contributed by atoms with E-state index in [-0.39, 0.29) is 0 Å². The van der Waals surface area contributed by atoms with Gasteiger partial charge < -0.3 is 0 Å². The van der Waals surface area contributed by atoms with Crippen LogP contribution in [-0.4, -0.2) is 0 Å². The van der Waals surface area contributed by atoms with Crippen LogP contribution in [-0.2, 0) is 6.42 Å². The van der Waals surface area contributed by atoms with E-state index in [1.54, 1.807) is 0 Å². The summed E-state index contributed by atoms with van der Waals surface area (Å²) in [6.45, 7) is 4.54. The summed E-state index contributed by atoms with van der Waals surface area (Å²) in [4.78, 5) is 0.563. The predicted molar refractivity (Wildman–Crippen MR) is 74.0 cm³/mol. The van der Waals surface area contributed by atoms with Crippen LogP contribution < -0.4 is 0 Å². The van der Waals surface area contributed by atoms with E-state index < -0.39 is 0 Å². The Morgan fingerprint density at radius 1 is 1.19 bits per heavy atom. The lowest BCUT2D eigenvalue weighted by molar-refractivity contribution is 0.646. The van der Waals surface area contributed by atoms with E-state index in [1.165, 1.54) is 36.8 Å². The van der Waals surface area contributed by atoms with E-state index in [4.69, 9.17) is 0 Å². The summed E-state index contributed by atoms with van der Waals surface area (Å²) in [6, 6.07) is 9.16. The van der Waals surface area contributed by atoms with Crippen molar-refractivity contribution in [3.63, 3.8) is 0 Å². The van der Waals surface area contributed by atoms with Gasteiger partial charge in [0.15, 0.2) is 0 Å². The molecule has 1 aromatic carbocycles. The number of rotatable bonds is 5. The Balaban J connectivity index is 1.94. The highest BCUT2D eigenvalue weighted by Crippen LogP contribution is 2.41. The van der Waals surface area contributed by atoms with Crippen LogP contribution in [0.2, 0.25) is 0 Å². The van der Waals surface area contributed by atoms with E-state index in [0.717, 1.165) is 11.8 Å². The molecule has 1 unspecified atom stereocenters. The first kappa shape index (κ1) is 12.2. The van der Waals surface area contributed by atoms with Crippen molar-refractivity contribution in [1.82, 2.24) is 0 Å². The van der Waals surface area contributed by atoms with Crippen LogP contribution in [0.5, 0.6) is 0 Å². The van der Waals surface area contributed by atoms with Crippen molar-refractivity contribution in [2.75, 3.05) is 0 Å². The topological polar surface area (TPSA) is 0 Å². The largest absolute Gasteiger partial charge is 0.0839 e. The molecule has 88 valence electrons. The van der Waals surface area contributed by atoms with Crippen molar-refractivity contribution < 1.29 is 0 Å². The Morgan fingerprint density at radius 3 is 2.31 bits per heavy atom. The molecular formula is C15H21Br. The maximum atomic E-state index is 3.80. The molecule has 0 radical (unpaired) electrons. The molecule has 1 heteroatoms. The molecule has 1 saturated carbocycles. The molecule has 1 aliphatic rings. The van der Waals surface area contributed by atoms with E-state index >= 15 is 0 Å². The third-order valence-corrected chi connectivity index (χ3v) is 4.13.